The Morgan fingerprint density at radius 1 is 1.04 bits per heavy atom. The van der Waals surface area contributed by atoms with Crippen molar-refractivity contribution in [3.8, 4) is 5.75 Å². The number of aromatic nitrogens is 4. The van der Waals surface area contributed by atoms with Crippen molar-refractivity contribution in [2.75, 3.05) is 76.8 Å². The molecule has 2 aromatic heterocycles. The average molecular weight is 708 g/mol. The van der Waals surface area contributed by atoms with Crippen LogP contribution in [0.1, 0.15) is 24.3 Å². The SMILES string of the molecule is COc1cc(N2CCC(N(C)C)CC2)c(C2C=NN(C)C2)cc1Nc1ncc(Br)c(Nc2ccc3nccnc3c2P(C)(C)=O)n1. The molecule has 2 aliphatic heterocycles. The molecule has 0 amide bonds. The number of benzene rings is 2. The highest BCUT2D eigenvalue weighted by Gasteiger charge is 2.28. The summed E-state index contributed by atoms with van der Waals surface area (Å²) in [5, 5.41) is 13.9. The molecular formula is C32H40BrN10O2P. The van der Waals surface area contributed by atoms with Gasteiger partial charge in [-0.05, 0) is 80.0 Å². The van der Waals surface area contributed by atoms with Crippen molar-refractivity contribution in [2.45, 2.75) is 24.8 Å². The zero-order chi connectivity index (χ0) is 32.6. The molecule has 1 unspecified atom stereocenters. The molecule has 46 heavy (non-hydrogen) atoms. The Morgan fingerprint density at radius 2 is 1.80 bits per heavy atom. The van der Waals surface area contributed by atoms with Crippen LogP contribution in [0.4, 0.5) is 28.8 Å². The van der Waals surface area contributed by atoms with Gasteiger partial charge in [0.05, 0.1) is 33.8 Å². The van der Waals surface area contributed by atoms with Crippen molar-refractivity contribution in [1.29, 1.82) is 0 Å². The molecule has 1 saturated heterocycles. The summed E-state index contributed by atoms with van der Waals surface area (Å²) in [6.07, 6.45) is 9.16. The lowest BCUT2D eigenvalue weighted by molar-refractivity contribution is 0.249. The standard InChI is InChI=1S/C32H40BrN10O2P/c1-41(2)21-9-13-43(14-10-21)27-16-28(45-4)26(15-22(27)20-17-37-42(3)19-20)39-32-36-18-23(33)31(40-32)38-25-8-7-24-29(35-12-11-34-24)30(25)46(5,6)44/h7-8,11-12,15-18,20-21H,9-10,13-14,19H2,1-6H3,(H2,36,38,39,40). The smallest absolute Gasteiger partial charge is 0.229 e. The Balaban J connectivity index is 1.34. The fourth-order valence-corrected chi connectivity index (χ4v) is 7.91. The molecule has 0 saturated carbocycles. The number of hydrogen-bond donors (Lipinski definition) is 2. The first-order chi connectivity index (χ1) is 22.0. The number of likely N-dealkylation sites (N-methyl/N-ethyl adjacent to an activating group) is 1. The highest BCUT2D eigenvalue weighted by Crippen LogP contribution is 2.42. The number of hydrazone groups is 1. The Bertz CT molecular complexity index is 1820. The van der Waals surface area contributed by atoms with Gasteiger partial charge in [0.15, 0.2) is 0 Å². The monoisotopic (exact) mass is 706 g/mol. The lowest BCUT2D eigenvalue weighted by Gasteiger charge is -2.38. The number of anilines is 5. The fourth-order valence-electron chi connectivity index (χ4n) is 6.23. The van der Waals surface area contributed by atoms with Gasteiger partial charge in [0.1, 0.15) is 24.2 Å². The van der Waals surface area contributed by atoms with Gasteiger partial charge in [0, 0.05) is 75.2 Å². The second-order valence-corrected chi connectivity index (χ2v) is 16.4. The van der Waals surface area contributed by atoms with E-state index in [1.807, 2.05) is 30.4 Å². The van der Waals surface area contributed by atoms with Gasteiger partial charge in [-0.15, -0.1) is 0 Å². The van der Waals surface area contributed by atoms with E-state index in [1.165, 1.54) is 11.3 Å². The highest BCUT2D eigenvalue weighted by molar-refractivity contribution is 9.10. The molecule has 2 aromatic carbocycles. The minimum atomic E-state index is -2.75. The Labute approximate surface area is 278 Å². The molecule has 1 atom stereocenters. The second-order valence-electron chi connectivity index (χ2n) is 12.4. The number of ether oxygens (including phenoxy) is 1. The van der Waals surface area contributed by atoms with Gasteiger partial charge in [0.25, 0.3) is 0 Å². The summed E-state index contributed by atoms with van der Waals surface area (Å²) in [7, 11) is 5.24. The van der Waals surface area contributed by atoms with Crippen LogP contribution in [0, 0.1) is 0 Å². The van der Waals surface area contributed by atoms with E-state index in [0.717, 1.165) is 38.2 Å². The van der Waals surface area contributed by atoms with Crippen molar-refractivity contribution < 1.29 is 9.30 Å². The maximum absolute atomic E-state index is 13.5. The van der Waals surface area contributed by atoms with Crippen LogP contribution in [0.25, 0.3) is 11.0 Å². The Morgan fingerprint density at radius 3 is 2.48 bits per heavy atom. The first-order valence-corrected chi connectivity index (χ1v) is 18.7. The van der Waals surface area contributed by atoms with Crippen molar-refractivity contribution in [2.24, 2.45) is 5.10 Å². The molecule has 14 heteroatoms. The number of nitrogens with zero attached hydrogens (tertiary/aromatic N) is 8. The van der Waals surface area contributed by atoms with Crippen LogP contribution < -0.4 is 25.6 Å². The largest absolute Gasteiger partial charge is 0.494 e. The van der Waals surface area contributed by atoms with Gasteiger partial charge in [-0.1, -0.05) is 0 Å². The fraction of sp³-hybridized carbons (Fsp3) is 0.406. The van der Waals surface area contributed by atoms with Gasteiger partial charge in [-0.25, -0.2) is 4.98 Å². The Hall–Kier alpha value is -3.80. The maximum atomic E-state index is 13.5. The van der Waals surface area contributed by atoms with E-state index in [-0.39, 0.29) is 5.92 Å². The quantitative estimate of drug-likeness (QED) is 0.215. The molecule has 4 heterocycles. The minimum absolute atomic E-state index is 0.134. The molecular weight excluding hydrogens is 667 g/mol. The molecule has 242 valence electrons. The maximum Gasteiger partial charge on any atom is 0.229 e. The van der Waals surface area contributed by atoms with Crippen LogP contribution in [0.15, 0.2) is 52.4 Å². The molecule has 12 nitrogen and oxygen atoms in total. The highest BCUT2D eigenvalue weighted by atomic mass is 79.9. The van der Waals surface area contributed by atoms with E-state index >= 15 is 0 Å². The van der Waals surface area contributed by atoms with Crippen molar-refractivity contribution >= 4 is 74.5 Å². The molecule has 2 aliphatic rings. The summed E-state index contributed by atoms with van der Waals surface area (Å²) in [4.78, 5) is 23.1. The normalized spacial score (nSPS) is 17.3. The third kappa shape index (κ3) is 6.67. The van der Waals surface area contributed by atoms with Crippen molar-refractivity contribution in [3.05, 3.63) is 52.9 Å². The van der Waals surface area contributed by atoms with Gasteiger partial charge >= 0.3 is 0 Å². The first kappa shape index (κ1) is 32.2. The molecule has 0 spiro atoms. The van der Waals surface area contributed by atoms with Gasteiger partial charge in [-0.3, -0.25) is 15.0 Å². The van der Waals surface area contributed by atoms with Crippen LogP contribution in [0.3, 0.4) is 0 Å². The number of hydrogen-bond acceptors (Lipinski definition) is 12. The van der Waals surface area contributed by atoms with E-state index in [0.29, 0.717) is 50.1 Å². The summed E-state index contributed by atoms with van der Waals surface area (Å²) in [6, 6.07) is 8.58. The van der Waals surface area contributed by atoms with Gasteiger partial charge in [0.2, 0.25) is 5.95 Å². The summed E-state index contributed by atoms with van der Waals surface area (Å²) in [6.45, 7) is 6.21. The zero-order valence-corrected chi connectivity index (χ0v) is 29.5. The van der Waals surface area contributed by atoms with Crippen LogP contribution in [-0.2, 0) is 4.57 Å². The summed E-state index contributed by atoms with van der Waals surface area (Å²) >= 11 is 3.59. The van der Waals surface area contributed by atoms with Gasteiger partial charge in [-0.2, -0.15) is 10.1 Å². The number of piperidine rings is 1. The predicted octanol–water partition coefficient (Wildman–Crippen LogP) is 5.47. The second kappa shape index (κ2) is 13.1. The summed E-state index contributed by atoms with van der Waals surface area (Å²) in [5.74, 6) is 1.73. The Kier molecular flexibility index (Phi) is 9.18. The molecule has 2 N–H and O–H groups in total. The molecule has 6 rings (SSSR count). The van der Waals surface area contributed by atoms with Crippen molar-refractivity contribution in [1.82, 2.24) is 29.8 Å². The third-order valence-corrected chi connectivity index (χ3v) is 10.7. The molecule has 4 aromatic rings. The van der Waals surface area contributed by atoms with Crippen LogP contribution in [0.2, 0.25) is 0 Å². The number of nitrogens with one attached hydrogen (secondary N) is 2. The number of halogens is 1. The zero-order valence-electron chi connectivity index (χ0n) is 27.0. The van der Waals surface area contributed by atoms with E-state index in [4.69, 9.17) is 9.72 Å². The molecule has 0 bridgehead atoms. The minimum Gasteiger partial charge on any atom is -0.494 e. The number of methoxy groups -OCH3 is 1. The topological polar surface area (TPSA) is 124 Å². The summed E-state index contributed by atoms with van der Waals surface area (Å²) < 4.78 is 20.0. The van der Waals surface area contributed by atoms with Crippen LogP contribution >= 0.6 is 23.1 Å². The molecule has 1 fully saturated rings. The molecule has 0 radical (unpaired) electrons. The van der Waals surface area contributed by atoms with Gasteiger partial charge < -0.3 is 29.7 Å². The van der Waals surface area contributed by atoms with Crippen LogP contribution in [0.5, 0.6) is 5.75 Å². The summed E-state index contributed by atoms with van der Waals surface area (Å²) in [5.41, 5.74) is 5.05. The molecule has 0 aliphatic carbocycles. The number of fused-ring (bicyclic) bond motifs is 1. The average Bonchev–Trinajstić information content (AvgIpc) is 3.47. The first-order valence-electron chi connectivity index (χ1n) is 15.3. The lowest BCUT2D eigenvalue weighted by atomic mass is 9.95. The van der Waals surface area contributed by atoms with Crippen LogP contribution in [-0.4, -0.2) is 103 Å². The van der Waals surface area contributed by atoms with E-state index in [1.54, 1.807) is 39.0 Å². The number of rotatable bonds is 9. The van der Waals surface area contributed by atoms with E-state index in [2.05, 4.69) is 82.6 Å². The van der Waals surface area contributed by atoms with Crippen molar-refractivity contribution in [3.63, 3.8) is 0 Å². The predicted molar refractivity (Wildman–Crippen MR) is 191 cm³/mol. The van der Waals surface area contributed by atoms with E-state index in [9.17, 15) is 4.57 Å². The van der Waals surface area contributed by atoms with E-state index < -0.39 is 7.14 Å². The third-order valence-electron chi connectivity index (χ3n) is 8.58. The lowest BCUT2D eigenvalue weighted by Crippen LogP contribution is -2.42.